The standard InChI is InChI=1S/C9H20N2O/c1-7(2)9(10-3)8-6-11-4-5-12-8/h7-11H,4-6H2,1-3H3. The normalized spacial score (nSPS) is 27.5. The number of hydrogen-bond donors (Lipinski definition) is 2. The first-order chi connectivity index (χ1) is 5.75. The van der Waals surface area contributed by atoms with E-state index in [0.29, 0.717) is 18.1 Å². The van der Waals surface area contributed by atoms with Crippen molar-refractivity contribution >= 4 is 0 Å². The van der Waals surface area contributed by atoms with E-state index in [1.54, 1.807) is 0 Å². The lowest BCUT2D eigenvalue weighted by atomic mass is 9.98. The van der Waals surface area contributed by atoms with Gasteiger partial charge >= 0.3 is 0 Å². The van der Waals surface area contributed by atoms with Crippen molar-refractivity contribution in [1.29, 1.82) is 0 Å². The average molecular weight is 172 g/mol. The molecule has 1 fully saturated rings. The van der Waals surface area contributed by atoms with Crippen molar-refractivity contribution in [3.8, 4) is 0 Å². The highest BCUT2D eigenvalue weighted by atomic mass is 16.5. The molecule has 0 amide bonds. The Hall–Kier alpha value is -0.120. The highest BCUT2D eigenvalue weighted by Crippen LogP contribution is 2.10. The van der Waals surface area contributed by atoms with Crippen LogP contribution in [0.15, 0.2) is 0 Å². The zero-order valence-corrected chi connectivity index (χ0v) is 8.26. The van der Waals surface area contributed by atoms with Gasteiger partial charge in [0, 0.05) is 19.1 Å². The van der Waals surface area contributed by atoms with E-state index >= 15 is 0 Å². The van der Waals surface area contributed by atoms with E-state index in [4.69, 9.17) is 4.74 Å². The van der Waals surface area contributed by atoms with Crippen LogP contribution in [-0.4, -0.2) is 38.9 Å². The van der Waals surface area contributed by atoms with E-state index in [2.05, 4.69) is 24.5 Å². The first-order valence-electron chi connectivity index (χ1n) is 4.75. The fraction of sp³-hybridized carbons (Fsp3) is 1.00. The van der Waals surface area contributed by atoms with Crippen LogP contribution in [0.2, 0.25) is 0 Å². The van der Waals surface area contributed by atoms with Crippen LogP contribution in [0.3, 0.4) is 0 Å². The number of morpholine rings is 1. The Morgan fingerprint density at radius 3 is 2.67 bits per heavy atom. The maximum atomic E-state index is 5.67. The molecule has 0 spiro atoms. The molecular formula is C9H20N2O. The molecule has 0 bridgehead atoms. The van der Waals surface area contributed by atoms with E-state index < -0.39 is 0 Å². The van der Waals surface area contributed by atoms with Crippen LogP contribution in [0.5, 0.6) is 0 Å². The van der Waals surface area contributed by atoms with Gasteiger partial charge < -0.3 is 15.4 Å². The van der Waals surface area contributed by atoms with Gasteiger partial charge in [0.15, 0.2) is 0 Å². The minimum atomic E-state index is 0.337. The number of ether oxygens (including phenoxy) is 1. The van der Waals surface area contributed by atoms with E-state index in [1.807, 2.05) is 7.05 Å². The highest BCUT2D eigenvalue weighted by Gasteiger charge is 2.25. The van der Waals surface area contributed by atoms with E-state index in [9.17, 15) is 0 Å². The highest BCUT2D eigenvalue weighted by molar-refractivity contribution is 4.82. The summed E-state index contributed by atoms with van der Waals surface area (Å²) in [4.78, 5) is 0. The molecule has 1 rings (SSSR count). The van der Waals surface area contributed by atoms with Gasteiger partial charge in [-0.15, -0.1) is 0 Å². The summed E-state index contributed by atoms with van der Waals surface area (Å²) in [5.41, 5.74) is 0. The molecule has 0 saturated carbocycles. The van der Waals surface area contributed by atoms with Crippen molar-refractivity contribution in [3.05, 3.63) is 0 Å². The third-order valence-electron chi connectivity index (χ3n) is 2.41. The first-order valence-corrected chi connectivity index (χ1v) is 4.75. The van der Waals surface area contributed by atoms with Gasteiger partial charge in [-0.2, -0.15) is 0 Å². The Bertz CT molecular complexity index is 122. The van der Waals surface area contributed by atoms with Gasteiger partial charge in [-0.1, -0.05) is 13.8 Å². The molecule has 0 aromatic carbocycles. The van der Waals surface area contributed by atoms with Gasteiger partial charge in [0.2, 0.25) is 0 Å². The molecule has 2 atom stereocenters. The predicted octanol–water partition coefficient (Wildman–Crippen LogP) is 0.219. The third-order valence-corrected chi connectivity index (χ3v) is 2.41. The summed E-state index contributed by atoms with van der Waals surface area (Å²) in [7, 11) is 2.00. The maximum absolute atomic E-state index is 5.67. The van der Waals surface area contributed by atoms with Crippen LogP contribution in [0.4, 0.5) is 0 Å². The van der Waals surface area contributed by atoms with E-state index in [-0.39, 0.29) is 0 Å². The van der Waals surface area contributed by atoms with Gasteiger partial charge in [-0.25, -0.2) is 0 Å². The molecule has 1 saturated heterocycles. The second-order valence-electron chi connectivity index (χ2n) is 3.67. The lowest BCUT2D eigenvalue weighted by Gasteiger charge is -2.33. The Morgan fingerprint density at radius 2 is 2.25 bits per heavy atom. The second kappa shape index (κ2) is 4.80. The summed E-state index contributed by atoms with van der Waals surface area (Å²) in [6.45, 7) is 7.25. The Kier molecular flexibility index (Phi) is 3.98. The smallest absolute Gasteiger partial charge is 0.0855 e. The van der Waals surface area contributed by atoms with Crippen LogP contribution in [-0.2, 0) is 4.74 Å². The number of likely N-dealkylation sites (N-methyl/N-ethyl adjacent to an activating group) is 1. The average Bonchev–Trinajstić information content (AvgIpc) is 2.07. The molecule has 0 aromatic heterocycles. The Labute approximate surface area is 74.9 Å². The molecule has 1 aliphatic heterocycles. The van der Waals surface area contributed by atoms with Crippen LogP contribution in [0.1, 0.15) is 13.8 Å². The molecule has 3 heteroatoms. The summed E-state index contributed by atoms with van der Waals surface area (Å²) in [5.74, 6) is 0.625. The molecule has 3 nitrogen and oxygen atoms in total. The summed E-state index contributed by atoms with van der Waals surface area (Å²) < 4.78 is 5.67. The molecule has 0 aliphatic carbocycles. The molecule has 2 unspecified atom stereocenters. The second-order valence-corrected chi connectivity index (χ2v) is 3.67. The molecule has 1 aliphatic rings. The van der Waals surface area contributed by atoms with Crippen molar-refractivity contribution in [2.75, 3.05) is 26.7 Å². The molecule has 1 heterocycles. The van der Waals surface area contributed by atoms with Crippen molar-refractivity contribution in [3.63, 3.8) is 0 Å². The van der Waals surface area contributed by atoms with Gasteiger partial charge in [0.25, 0.3) is 0 Å². The Morgan fingerprint density at radius 1 is 1.50 bits per heavy atom. The minimum Gasteiger partial charge on any atom is -0.374 e. The minimum absolute atomic E-state index is 0.337. The van der Waals surface area contributed by atoms with Gasteiger partial charge in [0.05, 0.1) is 12.7 Å². The van der Waals surface area contributed by atoms with Crippen LogP contribution in [0, 0.1) is 5.92 Å². The van der Waals surface area contributed by atoms with Crippen molar-refractivity contribution < 1.29 is 4.74 Å². The fourth-order valence-electron chi connectivity index (χ4n) is 1.76. The number of rotatable bonds is 3. The molecular weight excluding hydrogens is 152 g/mol. The lowest BCUT2D eigenvalue weighted by Crippen LogP contribution is -2.52. The molecule has 12 heavy (non-hydrogen) atoms. The van der Waals surface area contributed by atoms with Gasteiger partial charge in [-0.3, -0.25) is 0 Å². The van der Waals surface area contributed by atoms with Crippen molar-refractivity contribution in [2.45, 2.75) is 26.0 Å². The van der Waals surface area contributed by atoms with Gasteiger partial charge in [0.1, 0.15) is 0 Å². The summed E-state index contributed by atoms with van der Waals surface area (Å²) in [6.07, 6.45) is 0.337. The third kappa shape index (κ3) is 2.44. The van der Waals surface area contributed by atoms with Crippen molar-refractivity contribution in [1.82, 2.24) is 10.6 Å². The van der Waals surface area contributed by atoms with Crippen LogP contribution in [0.25, 0.3) is 0 Å². The summed E-state index contributed by atoms with van der Waals surface area (Å²) in [6, 6.07) is 0.470. The number of nitrogens with one attached hydrogen (secondary N) is 2. The Balaban J connectivity index is 2.40. The zero-order chi connectivity index (χ0) is 8.97. The predicted molar refractivity (Wildman–Crippen MR) is 50.3 cm³/mol. The SMILES string of the molecule is CNC(C(C)C)C1CNCCO1. The van der Waals surface area contributed by atoms with Crippen LogP contribution < -0.4 is 10.6 Å². The molecule has 72 valence electrons. The fourth-order valence-corrected chi connectivity index (χ4v) is 1.76. The summed E-state index contributed by atoms with van der Waals surface area (Å²) >= 11 is 0. The maximum Gasteiger partial charge on any atom is 0.0855 e. The quantitative estimate of drug-likeness (QED) is 0.639. The monoisotopic (exact) mass is 172 g/mol. The molecule has 0 aromatic rings. The molecule has 0 radical (unpaired) electrons. The van der Waals surface area contributed by atoms with E-state index in [1.165, 1.54) is 0 Å². The van der Waals surface area contributed by atoms with Crippen molar-refractivity contribution in [2.24, 2.45) is 5.92 Å². The zero-order valence-electron chi connectivity index (χ0n) is 8.26. The van der Waals surface area contributed by atoms with E-state index in [0.717, 1.165) is 19.7 Å². The topological polar surface area (TPSA) is 33.3 Å². The largest absolute Gasteiger partial charge is 0.374 e. The molecule has 2 N–H and O–H groups in total. The van der Waals surface area contributed by atoms with Crippen LogP contribution >= 0.6 is 0 Å². The lowest BCUT2D eigenvalue weighted by molar-refractivity contribution is -0.00423. The number of hydrogen-bond acceptors (Lipinski definition) is 3. The van der Waals surface area contributed by atoms with Gasteiger partial charge in [-0.05, 0) is 13.0 Å². The summed E-state index contributed by atoms with van der Waals surface area (Å²) in [5, 5.41) is 6.65. The first kappa shape index (κ1) is 9.96.